The first-order valence-corrected chi connectivity index (χ1v) is 3.76. The van der Waals surface area contributed by atoms with Crippen LogP contribution >= 0.6 is 11.6 Å². The van der Waals surface area contributed by atoms with Crippen LogP contribution in [0.15, 0.2) is 24.3 Å². The van der Waals surface area contributed by atoms with Crippen molar-refractivity contribution < 1.29 is 4.79 Å². The van der Waals surface area contributed by atoms with E-state index < -0.39 is 10.8 Å². The number of carbonyl (C=O) groups excluding carboxylic acids is 1. The van der Waals surface area contributed by atoms with Gasteiger partial charge in [0.25, 0.3) is 0 Å². The van der Waals surface area contributed by atoms with Crippen LogP contribution in [0.1, 0.15) is 6.92 Å². The maximum absolute atomic E-state index is 10.8. The Kier molecular flexibility index (Phi) is 2.05. The molecule has 0 spiro atoms. The zero-order chi connectivity index (χ0) is 8.48. The molecule has 0 aliphatic heterocycles. The lowest BCUT2D eigenvalue weighted by atomic mass is 9.89. The number of carbonyl (C=O) groups is 1. The molecule has 0 fully saturated rings. The molecule has 2 N–H and O–H groups in total. The monoisotopic (exact) mass is 171 g/mol. The van der Waals surface area contributed by atoms with Crippen molar-refractivity contribution in [2.24, 2.45) is 11.7 Å². The first-order valence-electron chi connectivity index (χ1n) is 3.38. The summed E-state index contributed by atoms with van der Waals surface area (Å²) >= 11 is 5.99. The lowest BCUT2D eigenvalue weighted by Crippen LogP contribution is -2.37. The van der Waals surface area contributed by atoms with Crippen LogP contribution in [0.4, 0.5) is 0 Å². The molecule has 1 amide bonds. The minimum atomic E-state index is -0.652. The summed E-state index contributed by atoms with van der Waals surface area (Å²) in [5.41, 5.74) is 5.13. The number of rotatable bonds is 1. The third-order valence-corrected chi connectivity index (χ3v) is 2.11. The standard InChI is InChI=1S/C8H10ClNO/c1-8(9)5-3-2-4-6(8)7(10)11/h2-6H,1H3,(H2,10,11). The maximum atomic E-state index is 10.8. The number of hydrogen-bond acceptors (Lipinski definition) is 1. The van der Waals surface area contributed by atoms with Gasteiger partial charge in [-0.15, -0.1) is 11.6 Å². The van der Waals surface area contributed by atoms with Crippen LogP contribution in [0.3, 0.4) is 0 Å². The van der Waals surface area contributed by atoms with Gasteiger partial charge in [0.2, 0.25) is 5.91 Å². The Morgan fingerprint density at radius 2 is 2.27 bits per heavy atom. The fourth-order valence-electron chi connectivity index (χ4n) is 1.08. The van der Waals surface area contributed by atoms with Gasteiger partial charge in [-0.25, -0.2) is 0 Å². The summed E-state index contributed by atoms with van der Waals surface area (Å²) in [6.07, 6.45) is 7.07. The second-order valence-electron chi connectivity index (χ2n) is 2.78. The van der Waals surface area contributed by atoms with Crippen LogP contribution in [-0.4, -0.2) is 10.8 Å². The van der Waals surface area contributed by atoms with Gasteiger partial charge >= 0.3 is 0 Å². The van der Waals surface area contributed by atoms with E-state index in [1.807, 2.05) is 6.08 Å². The lowest BCUT2D eigenvalue weighted by molar-refractivity contribution is -0.120. The van der Waals surface area contributed by atoms with Crippen LogP contribution in [0, 0.1) is 5.92 Å². The first-order chi connectivity index (χ1) is 5.04. The fourth-order valence-corrected chi connectivity index (χ4v) is 1.34. The predicted octanol–water partition coefficient (Wildman–Crippen LogP) is 1.21. The highest BCUT2D eigenvalue weighted by atomic mass is 35.5. The quantitative estimate of drug-likeness (QED) is 0.593. The maximum Gasteiger partial charge on any atom is 0.226 e. The van der Waals surface area contributed by atoms with Crippen molar-refractivity contribution in [3.8, 4) is 0 Å². The summed E-state index contributed by atoms with van der Waals surface area (Å²) in [5.74, 6) is -0.780. The molecule has 0 saturated heterocycles. The summed E-state index contributed by atoms with van der Waals surface area (Å²) in [5, 5.41) is 0. The molecule has 1 aliphatic carbocycles. The molecule has 0 bridgehead atoms. The van der Waals surface area contributed by atoms with E-state index in [0.29, 0.717) is 0 Å². The summed E-state index contributed by atoms with van der Waals surface area (Å²) in [6, 6.07) is 0. The highest BCUT2D eigenvalue weighted by Crippen LogP contribution is 2.30. The van der Waals surface area contributed by atoms with Crippen LogP contribution in [-0.2, 0) is 4.79 Å². The Hall–Kier alpha value is -0.760. The summed E-state index contributed by atoms with van der Waals surface area (Å²) in [7, 11) is 0. The van der Waals surface area contributed by atoms with Crippen molar-refractivity contribution in [3.63, 3.8) is 0 Å². The van der Waals surface area contributed by atoms with Crippen LogP contribution in [0.25, 0.3) is 0 Å². The average Bonchev–Trinajstić information content (AvgIpc) is 1.85. The van der Waals surface area contributed by atoms with Crippen LogP contribution in [0.5, 0.6) is 0 Å². The number of halogens is 1. The molecule has 3 heteroatoms. The van der Waals surface area contributed by atoms with Gasteiger partial charge in [-0.2, -0.15) is 0 Å². The highest BCUT2D eigenvalue weighted by Gasteiger charge is 2.32. The van der Waals surface area contributed by atoms with E-state index in [9.17, 15) is 4.79 Å². The third kappa shape index (κ3) is 1.63. The summed E-state index contributed by atoms with van der Waals surface area (Å²) in [4.78, 5) is 10.2. The van der Waals surface area contributed by atoms with Gasteiger partial charge in [0.05, 0.1) is 10.8 Å². The second-order valence-corrected chi connectivity index (χ2v) is 3.59. The second kappa shape index (κ2) is 2.70. The molecular weight excluding hydrogens is 162 g/mol. The van der Waals surface area contributed by atoms with Gasteiger partial charge in [0.1, 0.15) is 0 Å². The Bertz CT molecular complexity index is 230. The topological polar surface area (TPSA) is 43.1 Å². The molecule has 0 aromatic carbocycles. The molecule has 2 atom stereocenters. The number of amides is 1. The van der Waals surface area contributed by atoms with Gasteiger partial charge in [0, 0.05) is 0 Å². The van der Waals surface area contributed by atoms with Gasteiger partial charge in [-0.05, 0) is 6.92 Å². The zero-order valence-corrected chi connectivity index (χ0v) is 7.01. The zero-order valence-electron chi connectivity index (χ0n) is 6.25. The molecule has 0 radical (unpaired) electrons. The molecule has 0 aromatic rings. The van der Waals surface area contributed by atoms with E-state index in [1.54, 1.807) is 25.2 Å². The minimum Gasteiger partial charge on any atom is -0.369 e. The van der Waals surface area contributed by atoms with Gasteiger partial charge in [0.15, 0.2) is 0 Å². The van der Waals surface area contributed by atoms with Gasteiger partial charge in [-0.3, -0.25) is 4.79 Å². The van der Waals surface area contributed by atoms with Crippen molar-refractivity contribution in [1.29, 1.82) is 0 Å². The van der Waals surface area contributed by atoms with E-state index in [1.165, 1.54) is 0 Å². The molecule has 11 heavy (non-hydrogen) atoms. The predicted molar refractivity (Wildman–Crippen MR) is 45.2 cm³/mol. The molecule has 2 nitrogen and oxygen atoms in total. The van der Waals surface area contributed by atoms with E-state index >= 15 is 0 Å². The molecule has 2 unspecified atom stereocenters. The number of allylic oxidation sites excluding steroid dienone is 3. The Morgan fingerprint density at radius 3 is 2.64 bits per heavy atom. The summed E-state index contributed by atoms with van der Waals surface area (Å²) < 4.78 is 0. The molecule has 60 valence electrons. The Morgan fingerprint density at radius 1 is 1.64 bits per heavy atom. The minimum absolute atomic E-state index is 0.386. The normalized spacial score (nSPS) is 35.6. The lowest BCUT2D eigenvalue weighted by Gasteiger charge is -2.25. The fraction of sp³-hybridized carbons (Fsp3) is 0.375. The van der Waals surface area contributed by atoms with E-state index in [4.69, 9.17) is 17.3 Å². The first kappa shape index (κ1) is 8.34. The number of alkyl halides is 1. The average molecular weight is 172 g/mol. The molecule has 0 heterocycles. The van der Waals surface area contributed by atoms with Crippen LogP contribution < -0.4 is 5.73 Å². The van der Waals surface area contributed by atoms with Crippen molar-refractivity contribution in [3.05, 3.63) is 24.3 Å². The number of hydrogen-bond donors (Lipinski definition) is 1. The highest BCUT2D eigenvalue weighted by molar-refractivity contribution is 6.27. The van der Waals surface area contributed by atoms with Crippen molar-refractivity contribution in [2.45, 2.75) is 11.8 Å². The summed E-state index contributed by atoms with van der Waals surface area (Å²) in [6.45, 7) is 1.77. The largest absolute Gasteiger partial charge is 0.369 e. The molecule has 1 rings (SSSR count). The Labute approximate surface area is 70.7 Å². The number of nitrogens with two attached hydrogens (primary N) is 1. The van der Waals surface area contributed by atoms with E-state index in [0.717, 1.165) is 0 Å². The van der Waals surface area contributed by atoms with E-state index in [2.05, 4.69) is 0 Å². The van der Waals surface area contributed by atoms with Gasteiger partial charge < -0.3 is 5.73 Å². The van der Waals surface area contributed by atoms with Crippen molar-refractivity contribution in [2.75, 3.05) is 0 Å². The van der Waals surface area contributed by atoms with Crippen LogP contribution in [0.2, 0.25) is 0 Å². The van der Waals surface area contributed by atoms with Gasteiger partial charge in [-0.1, -0.05) is 24.3 Å². The third-order valence-electron chi connectivity index (χ3n) is 1.75. The molecule has 1 aliphatic rings. The molecule has 0 aromatic heterocycles. The molecule has 0 saturated carbocycles. The number of primary amides is 1. The van der Waals surface area contributed by atoms with Crippen molar-refractivity contribution >= 4 is 17.5 Å². The van der Waals surface area contributed by atoms with E-state index in [-0.39, 0.29) is 5.91 Å². The SMILES string of the molecule is CC1(Cl)C=CC=CC1C(N)=O. The Balaban J connectivity index is 2.89. The van der Waals surface area contributed by atoms with Crippen molar-refractivity contribution in [1.82, 2.24) is 0 Å². The molecular formula is C8H10ClNO. The smallest absolute Gasteiger partial charge is 0.226 e.